The van der Waals surface area contributed by atoms with Crippen molar-refractivity contribution in [2.24, 2.45) is 0 Å². The first-order chi connectivity index (χ1) is 10.2. The lowest BCUT2D eigenvalue weighted by Crippen LogP contribution is -2.14. The van der Waals surface area contributed by atoms with E-state index in [9.17, 15) is 4.79 Å². The van der Waals surface area contributed by atoms with Crippen LogP contribution in [0.2, 0.25) is 5.15 Å². The van der Waals surface area contributed by atoms with Gasteiger partial charge in [-0.15, -0.1) is 0 Å². The molecule has 0 saturated heterocycles. The molecule has 0 saturated carbocycles. The van der Waals surface area contributed by atoms with Gasteiger partial charge in [-0.1, -0.05) is 17.7 Å². The van der Waals surface area contributed by atoms with Gasteiger partial charge < -0.3 is 5.32 Å². The molecule has 0 aromatic carbocycles. The van der Waals surface area contributed by atoms with Gasteiger partial charge in [-0.05, 0) is 30.3 Å². The molecule has 104 valence electrons. The predicted octanol–water partition coefficient (Wildman–Crippen LogP) is 2.57. The summed E-state index contributed by atoms with van der Waals surface area (Å²) in [5.74, 6) is 0.324. The third-order valence-corrected chi connectivity index (χ3v) is 2.90. The third-order valence-electron chi connectivity index (χ3n) is 2.69. The Hall–Kier alpha value is -2.73. The maximum absolute atomic E-state index is 12.0. The van der Waals surface area contributed by atoms with Crippen LogP contribution in [0.15, 0.2) is 55.0 Å². The van der Waals surface area contributed by atoms with Gasteiger partial charge >= 0.3 is 0 Å². The number of carbonyl (C=O) groups excluding carboxylic acids is 1. The maximum atomic E-state index is 12.0. The van der Waals surface area contributed by atoms with Crippen molar-refractivity contribution in [3.8, 4) is 5.82 Å². The SMILES string of the molecule is O=C(Nc1ccc(-n2cccn2)nc1)c1cccc(Cl)n1. The molecule has 0 spiro atoms. The number of nitrogens with zero attached hydrogens (tertiary/aromatic N) is 4. The van der Waals surface area contributed by atoms with Crippen LogP contribution in [0.1, 0.15) is 10.5 Å². The molecule has 6 nitrogen and oxygen atoms in total. The van der Waals surface area contributed by atoms with E-state index in [1.807, 2.05) is 6.07 Å². The highest BCUT2D eigenvalue weighted by Gasteiger charge is 2.08. The minimum absolute atomic E-state index is 0.249. The number of nitrogens with one attached hydrogen (secondary N) is 1. The van der Waals surface area contributed by atoms with Crippen LogP contribution in [-0.2, 0) is 0 Å². The van der Waals surface area contributed by atoms with E-state index in [2.05, 4.69) is 20.4 Å². The number of pyridine rings is 2. The largest absolute Gasteiger partial charge is 0.319 e. The summed E-state index contributed by atoms with van der Waals surface area (Å²) in [5, 5.41) is 7.06. The summed E-state index contributed by atoms with van der Waals surface area (Å²) < 4.78 is 1.63. The second kappa shape index (κ2) is 5.72. The van der Waals surface area contributed by atoms with E-state index in [1.54, 1.807) is 53.6 Å². The van der Waals surface area contributed by atoms with Gasteiger partial charge in [0, 0.05) is 12.4 Å². The van der Waals surface area contributed by atoms with Gasteiger partial charge in [0.25, 0.3) is 5.91 Å². The normalized spacial score (nSPS) is 10.3. The summed E-state index contributed by atoms with van der Waals surface area (Å²) in [5.41, 5.74) is 0.816. The van der Waals surface area contributed by atoms with E-state index in [0.717, 1.165) is 0 Å². The fourth-order valence-electron chi connectivity index (χ4n) is 1.73. The zero-order chi connectivity index (χ0) is 14.7. The average Bonchev–Trinajstić information content (AvgIpc) is 3.02. The molecule has 3 rings (SSSR count). The van der Waals surface area contributed by atoms with Crippen LogP contribution in [0, 0.1) is 0 Å². The van der Waals surface area contributed by atoms with Crippen LogP contribution in [0.4, 0.5) is 5.69 Å². The third kappa shape index (κ3) is 3.06. The number of aromatic nitrogens is 4. The van der Waals surface area contributed by atoms with Crippen molar-refractivity contribution >= 4 is 23.2 Å². The standard InChI is InChI=1S/C14H10ClN5O/c15-12-4-1-3-11(19-12)14(21)18-10-5-6-13(16-9-10)20-8-2-7-17-20/h1-9H,(H,18,21). The van der Waals surface area contributed by atoms with Gasteiger partial charge in [0.2, 0.25) is 0 Å². The Kier molecular flexibility index (Phi) is 3.61. The molecule has 0 bridgehead atoms. The molecule has 3 aromatic heterocycles. The van der Waals surface area contributed by atoms with Crippen LogP contribution in [-0.4, -0.2) is 25.7 Å². The van der Waals surface area contributed by atoms with Crippen molar-refractivity contribution in [2.75, 3.05) is 5.32 Å². The number of amides is 1. The van der Waals surface area contributed by atoms with E-state index in [1.165, 1.54) is 0 Å². The van der Waals surface area contributed by atoms with Crippen LogP contribution in [0.25, 0.3) is 5.82 Å². The molecule has 0 fully saturated rings. The lowest BCUT2D eigenvalue weighted by Gasteiger charge is -2.05. The fourth-order valence-corrected chi connectivity index (χ4v) is 1.89. The lowest BCUT2D eigenvalue weighted by molar-refractivity contribution is 0.102. The first-order valence-electron chi connectivity index (χ1n) is 6.12. The highest BCUT2D eigenvalue weighted by molar-refractivity contribution is 6.29. The molecule has 7 heteroatoms. The lowest BCUT2D eigenvalue weighted by atomic mass is 10.3. The van der Waals surface area contributed by atoms with Crippen molar-refractivity contribution in [1.82, 2.24) is 19.7 Å². The van der Waals surface area contributed by atoms with Gasteiger partial charge in [-0.25, -0.2) is 14.6 Å². The summed E-state index contributed by atoms with van der Waals surface area (Å²) in [6.07, 6.45) is 5.01. The minimum atomic E-state index is -0.342. The summed E-state index contributed by atoms with van der Waals surface area (Å²) >= 11 is 5.76. The Labute approximate surface area is 125 Å². The van der Waals surface area contributed by atoms with Crippen LogP contribution in [0.3, 0.4) is 0 Å². The Morgan fingerprint density at radius 3 is 2.76 bits per heavy atom. The Morgan fingerprint density at radius 2 is 2.10 bits per heavy atom. The first kappa shape index (κ1) is 13.3. The van der Waals surface area contributed by atoms with Crippen molar-refractivity contribution in [1.29, 1.82) is 0 Å². The van der Waals surface area contributed by atoms with Crippen LogP contribution < -0.4 is 5.32 Å². The highest BCUT2D eigenvalue weighted by Crippen LogP contribution is 2.11. The monoisotopic (exact) mass is 299 g/mol. The topological polar surface area (TPSA) is 72.7 Å². The summed E-state index contributed by atoms with van der Waals surface area (Å²) in [6.45, 7) is 0. The smallest absolute Gasteiger partial charge is 0.274 e. The number of halogens is 1. The van der Waals surface area contributed by atoms with Crippen molar-refractivity contribution < 1.29 is 4.79 Å². The molecule has 3 heterocycles. The molecule has 0 radical (unpaired) electrons. The van der Waals surface area contributed by atoms with E-state index >= 15 is 0 Å². The van der Waals surface area contributed by atoms with Gasteiger partial charge in [-0.2, -0.15) is 5.10 Å². The molecule has 21 heavy (non-hydrogen) atoms. The molecule has 0 atom stereocenters. The summed E-state index contributed by atoms with van der Waals surface area (Å²) in [6, 6.07) is 10.2. The highest BCUT2D eigenvalue weighted by atomic mass is 35.5. The van der Waals surface area contributed by atoms with Crippen molar-refractivity contribution in [3.63, 3.8) is 0 Å². The first-order valence-corrected chi connectivity index (χ1v) is 6.50. The zero-order valence-electron chi connectivity index (χ0n) is 10.8. The number of hydrogen-bond donors (Lipinski definition) is 1. The Bertz CT molecular complexity index is 755. The predicted molar refractivity (Wildman–Crippen MR) is 78.6 cm³/mol. The number of anilines is 1. The average molecular weight is 300 g/mol. The summed E-state index contributed by atoms with van der Waals surface area (Å²) in [4.78, 5) is 20.2. The van der Waals surface area contributed by atoms with E-state index in [-0.39, 0.29) is 16.8 Å². The molecule has 0 aliphatic rings. The number of carbonyl (C=O) groups is 1. The fraction of sp³-hybridized carbons (Fsp3) is 0. The van der Waals surface area contributed by atoms with Crippen LogP contribution in [0.5, 0.6) is 0 Å². The second-order valence-electron chi connectivity index (χ2n) is 4.16. The Morgan fingerprint density at radius 1 is 1.19 bits per heavy atom. The molecular formula is C14H10ClN5O. The van der Waals surface area contributed by atoms with Gasteiger partial charge in [0.1, 0.15) is 10.8 Å². The van der Waals surface area contributed by atoms with Gasteiger partial charge in [0.05, 0.1) is 11.9 Å². The van der Waals surface area contributed by atoms with E-state index in [4.69, 9.17) is 11.6 Å². The second-order valence-corrected chi connectivity index (χ2v) is 4.54. The minimum Gasteiger partial charge on any atom is -0.319 e. The molecule has 1 amide bonds. The number of rotatable bonds is 3. The van der Waals surface area contributed by atoms with Gasteiger partial charge in [-0.3, -0.25) is 4.79 Å². The number of hydrogen-bond acceptors (Lipinski definition) is 4. The van der Waals surface area contributed by atoms with Crippen molar-refractivity contribution in [2.45, 2.75) is 0 Å². The molecule has 0 aliphatic carbocycles. The summed E-state index contributed by atoms with van der Waals surface area (Å²) in [7, 11) is 0. The van der Waals surface area contributed by atoms with E-state index < -0.39 is 0 Å². The molecule has 0 aliphatic heterocycles. The van der Waals surface area contributed by atoms with Gasteiger partial charge in [0.15, 0.2) is 5.82 Å². The quantitative estimate of drug-likeness (QED) is 0.754. The van der Waals surface area contributed by atoms with Crippen LogP contribution >= 0.6 is 11.6 Å². The zero-order valence-corrected chi connectivity index (χ0v) is 11.5. The molecule has 1 N–H and O–H groups in total. The maximum Gasteiger partial charge on any atom is 0.274 e. The molecular weight excluding hydrogens is 290 g/mol. The van der Waals surface area contributed by atoms with Crippen molar-refractivity contribution in [3.05, 3.63) is 65.8 Å². The Balaban J connectivity index is 1.75. The van der Waals surface area contributed by atoms with E-state index in [0.29, 0.717) is 11.5 Å². The molecule has 0 unspecified atom stereocenters. The molecule has 3 aromatic rings.